The lowest BCUT2D eigenvalue weighted by atomic mass is 10.0. The topological polar surface area (TPSA) is 78.4 Å². The third-order valence-electron chi connectivity index (χ3n) is 2.96. The second-order valence-corrected chi connectivity index (χ2v) is 4.15. The molecule has 3 N–H and O–H groups in total. The number of carboxylic acids is 1. The third kappa shape index (κ3) is 3.81. The van der Waals surface area contributed by atoms with Crippen molar-refractivity contribution in [1.29, 1.82) is 0 Å². The summed E-state index contributed by atoms with van der Waals surface area (Å²) < 4.78 is 0. The summed E-state index contributed by atoms with van der Waals surface area (Å²) in [6.45, 7) is 3.47. The van der Waals surface area contributed by atoms with Gasteiger partial charge in [0.05, 0.1) is 5.92 Å². The lowest BCUT2D eigenvalue weighted by molar-refractivity contribution is -0.142. The van der Waals surface area contributed by atoms with Crippen LogP contribution in [-0.4, -0.2) is 36.1 Å². The fraction of sp³-hybridized carbons (Fsp3) is 0.818. The molecule has 2 unspecified atom stereocenters. The van der Waals surface area contributed by atoms with Gasteiger partial charge in [-0.05, 0) is 19.4 Å². The molecule has 0 aromatic heterocycles. The highest BCUT2D eigenvalue weighted by Gasteiger charge is 2.33. The van der Waals surface area contributed by atoms with E-state index in [4.69, 9.17) is 5.11 Å². The van der Waals surface area contributed by atoms with Gasteiger partial charge in [-0.25, -0.2) is 0 Å². The van der Waals surface area contributed by atoms with Crippen molar-refractivity contribution in [3.05, 3.63) is 0 Å². The maximum Gasteiger partial charge on any atom is 0.308 e. The van der Waals surface area contributed by atoms with Gasteiger partial charge in [0.1, 0.15) is 0 Å². The number of carbonyl (C=O) groups is 2. The van der Waals surface area contributed by atoms with Crippen LogP contribution in [0.2, 0.25) is 0 Å². The van der Waals surface area contributed by atoms with E-state index in [0.29, 0.717) is 19.4 Å². The zero-order chi connectivity index (χ0) is 12.0. The summed E-state index contributed by atoms with van der Waals surface area (Å²) in [5, 5.41) is 14.8. The summed E-state index contributed by atoms with van der Waals surface area (Å²) in [5.41, 5.74) is 0. The first-order valence-corrected chi connectivity index (χ1v) is 5.88. The van der Waals surface area contributed by atoms with Crippen LogP contribution in [0.25, 0.3) is 0 Å². The molecule has 0 bridgehead atoms. The number of rotatable bonds is 6. The van der Waals surface area contributed by atoms with Crippen LogP contribution in [0.3, 0.4) is 0 Å². The molecule has 0 saturated heterocycles. The molecule has 1 rings (SSSR count). The van der Waals surface area contributed by atoms with E-state index >= 15 is 0 Å². The Morgan fingerprint density at radius 3 is 2.75 bits per heavy atom. The van der Waals surface area contributed by atoms with Crippen molar-refractivity contribution < 1.29 is 14.7 Å². The molecule has 2 atom stereocenters. The average molecular weight is 228 g/mol. The Balaban J connectivity index is 2.30. The molecule has 92 valence electrons. The van der Waals surface area contributed by atoms with Crippen LogP contribution in [0.1, 0.15) is 32.6 Å². The van der Waals surface area contributed by atoms with E-state index in [1.54, 1.807) is 0 Å². The van der Waals surface area contributed by atoms with Crippen LogP contribution in [0.15, 0.2) is 0 Å². The molecule has 0 aromatic carbocycles. The second kappa shape index (κ2) is 6.48. The first-order chi connectivity index (χ1) is 7.65. The van der Waals surface area contributed by atoms with E-state index in [1.807, 2.05) is 6.92 Å². The highest BCUT2D eigenvalue weighted by Crippen LogP contribution is 2.25. The molecule has 16 heavy (non-hydrogen) atoms. The van der Waals surface area contributed by atoms with Gasteiger partial charge in [0.25, 0.3) is 0 Å². The molecule has 5 heteroatoms. The predicted molar refractivity (Wildman–Crippen MR) is 60.1 cm³/mol. The Hall–Kier alpha value is -1.10. The summed E-state index contributed by atoms with van der Waals surface area (Å²) in [4.78, 5) is 22.4. The standard InChI is InChI=1S/C11H20N2O3/c1-2-12-7-6-10(14)13-9-5-3-4-8(9)11(15)16/h8-9,12H,2-7H2,1H3,(H,13,14)(H,15,16). The summed E-state index contributed by atoms with van der Waals surface area (Å²) >= 11 is 0. The maximum atomic E-state index is 11.5. The SMILES string of the molecule is CCNCCC(=O)NC1CCCC1C(=O)O. The Bertz CT molecular complexity index is 256. The quantitative estimate of drug-likeness (QED) is 0.573. The summed E-state index contributed by atoms with van der Waals surface area (Å²) in [7, 11) is 0. The molecule has 0 spiro atoms. The first kappa shape index (κ1) is 13.0. The monoisotopic (exact) mass is 228 g/mol. The first-order valence-electron chi connectivity index (χ1n) is 5.88. The zero-order valence-corrected chi connectivity index (χ0v) is 9.66. The van der Waals surface area contributed by atoms with E-state index in [9.17, 15) is 9.59 Å². The van der Waals surface area contributed by atoms with Crippen LogP contribution >= 0.6 is 0 Å². The molecule has 1 fully saturated rings. The zero-order valence-electron chi connectivity index (χ0n) is 9.66. The van der Waals surface area contributed by atoms with Crippen molar-refractivity contribution in [1.82, 2.24) is 10.6 Å². The van der Waals surface area contributed by atoms with E-state index < -0.39 is 11.9 Å². The number of nitrogens with one attached hydrogen (secondary N) is 2. The minimum atomic E-state index is -0.797. The van der Waals surface area contributed by atoms with Gasteiger partial charge in [0.15, 0.2) is 0 Å². The largest absolute Gasteiger partial charge is 0.481 e. The van der Waals surface area contributed by atoms with Crippen molar-refractivity contribution in [3.8, 4) is 0 Å². The molecule has 0 radical (unpaired) electrons. The number of hydrogen-bond acceptors (Lipinski definition) is 3. The molecule has 1 saturated carbocycles. The van der Waals surface area contributed by atoms with E-state index in [2.05, 4.69) is 10.6 Å². The molecule has 1 amide bonds. The minimum Gasteiger partial charge on any atom is -0.481 e. The highest BCUT2D eigenvalue weighted by atomic mass is 16.4. The van der Waals surface area contributed by atoms with Gasteiger partial charge >= 0.3 is 5.97 Å². The Labute approximate surface area is 95.6 Å². The highest BCUT2D eigenvalue weighted by molar-refractivity contribution is 5.78. The minimum absolute atomic E-state index is 0.0564. The lowest BCUT2D eigenvalue weighted by Crippen LogP contribution is -2.41. The molecule has 1 aliphatic carbocycles. The van der Waals surface area contributed by atoms with Crippen molar-refractivity contribution in [3.63, 3.8) is 0 Å². The smallest absolute Gasteiger partial charge is 0.308 e. The van der Waals surface area contributed by atoms with Crippen molar-refractivity contribution in [2.75, 3.05) is 13.1 Å². The van der Waals surface area contributed by atoms with Gasteiger partial charge in [-0.1, -0.05) is 13.3 Å². The maximum absolute atomic E-state index is 11.5. The lowest BCUT2D eigenvalue weighted by Gasteiger charge is -2.17. The van der Waals surface area contributed by atoms with E-state index in [1.165, 1.54) is 0 Å². The van der Waals surface area contributed by atoms with E-state index in [-0.39, 0.29) is 11.9 Å². The van der Waals surface area contributed by atoms with Gasteiger partial charge in [0, 0.05) is 19.0 Å². The summed E-state index contributed by atoms with van der Waals surface area (Å²) in [6.07, 6.45) is 2.75. The number of carboxylic acid groups (broad SMARTS) is 1. The van der Waals surface area contributed by atoms with Gasteiger partial charge in [0.2, 0.25) is 5.91 Å². The second-order valence-electron chi connectivity index (χ2n) is 4.15. The van der Waals surface area contributed by atoms with Gasteiger partial charge < -0.3 is 15.7 Å². The fourth-order valence-corrected chi connectivity index (χ4v) is 2.09. The van der Waals surface area contributed by atoms with Crippen LogP contribution in [0, 0.1) is 5.92 Å². The number of hydrogen-bond donors (Lipinski definition) is 3. The molecular formula is C11H20N2O3. The number of carbonyl (C=O) groups excluding carboxylic acids is 1. The van der Waals surface area contributed by atoms with Crippen molar-refractivity contribution in [2.24, 2.45) is 5.92 Å². The van der Waals surface area contributed by atoms with E-state index in [0.717, 1.165) is 19.4 Å². The molecular weight excluding hydrogens is 208 g/mol. The van der Waals surface area contributed by atoms with Crippen LogP contribution in [0.5, 0.6) is 0 Å². The Morgan fingerprint density at radius 2 is 2.12 bits per heavy atom. The van der Waals surface area contributed by atoms with Crippen molar-refractivity contribution >= 4 is 11.9 Å². The van der Waals surface area contributed by atoms with Gasteiger partial charge in [-0.15, -0.1) is 0 Å². The average Bonchev–Trinajstić information content (AvgIpc) is 2.66. The van der Waals surface area contributed by atoms with Gasteiger partial charge in [-0.2, -0.15) is 0 Å². The number of amides is 1. The Morgan fingerprint density at radius 1 is 1.38 bits per heavy atom. The van der Waals surface area contributed by atoms with Crippen LogP contribution in [-0.2, 0) is 9.59 Å². The number of aliphatic carboxylic acids is 1. The third-order valence-corrected chi connectivity index (χ3v) is 2.96. The van der Waals surface area contributed by atoms with Crippen LogP contribution in [0.4, 0.5) is 0 Å². The molecule has 5 nitrogen and oxygen atoms in total. The Kier molecular flexibility index (Phi) is 5.25. The molecule has 0 aromatic rings. The molecule has 1 aliphatic rings. The molecule has 0 aliphatic heterocycles. The predicted octanol–water partition coefficient (Wildman–Crippen LogP) is 0.355. The normalized spacial score (nSPS) is 24.3. The summed E-state index contributed by atoms with van der Waals surface area (Å²) in [5.74, 6) is -1.25. The van der Waals surface area contributed by atoms with Crippen molar-refractivity contribution in [2.45, 2.75) is 38.6 Å². The van der Waals surface area contributed by atoms with Gasteiger partial charge in [-0.3, -0.25) is 9.59 Å². The summed E-state index contributed by atoms with van der Waals surface area (Å²) in [6, 6.07) is -0.174. The van der Waals surface area contributed by atoms with Crippen LogP contribution < -0.4 is 10.6 Å². The fourth-order valence-electron chi connectivity index (χ4n) is 2.09. The molecule has 0 heterocycles.